The number of carboxylic acid groups (broad SMARTS) is 1. The molecular weight excluding hydrogens is 356 g/mol. The third-order valence-electron chi connectivity index (χ3n) is 5.00. The zero-order valence-corrected chi connectivity index (χ0v) is 16.2. The van der Waals surface area contributed by atoms with Crippen molar-refractivity contribution >= 4 is 22.0 Å². The molecule has 2 aromatic rings. The van der Waals surface area contributed by atoms with Gasteiger partial charge in [0, 0.05) is 18.1 Å². The number of carbonyl (C=O) groups excluding carboxylic acids is 1. The molecule has 1 aliphatic rings. The van der Waals surface area contributed by atoms with Gasteiger partial charge in [-0.15, -0.1) is 0 Å². The Balaban J connectivity index is 1.73. The standard InChI is InChI=1S/C23H26O3S/c24-22(25)14-8-7-13-20-17-27(16-19-11-5-2-6-12-19)23(26)21(20)15-18-9-3-1-4-10-18/h1-7,9-13,20-21,27H,8,14-17H2,(H,24,25). The molecule has 1 aliphatic heterocycles. The number of benzene rings is 2. The second-order valence-electron chi connectivity index (χ2n) is 7.02. The van der Waals surface area contributed by atoms with Crippen molar-refractivity contribution in [3.63, 3.8) is 0 Å². The van der Waals surface area contributed by atoms with E-state index >= 15 is 0 Å². The molecule has 4 heteroatoms. The van der Waals surface area contributed by atoms with Crippen molar-refractivity contribution in [1.29, 1.82) is 0 Å². The van der Waals surface area contributed by atoms with Crippen LogP contribution in [-0.4, -0.2) is 21.9 Å². The van der Waals surface area contributed by atoms with Crippen LogP contribution in [0.1, 0.15) is 24.0 Å². The molecule has 1 saturated heterocycles. The van der Waals surface area contributed by atoms with Crippen molar-refractivity contribution in [2.24, 2.45) is 11.8 Å². The maximum Gasteiger partial charge on any atom is 0.303 e. The molecule has 0 bridgehead atoms. The molecule has 3 nitrogen and oxygen atoms in total. The molecule has 3 rings (SSSR count). The molecule has 27 heavy (non-hydrogen) atoms. The summed E-state index contributed by atoms with van der Waals surface area (Å²) in [4.78, 5) is 23.9. The minimum Gasteiger partial charge on any atom is -0.481 e. The van der Waals surface area contributed by atoms with Crippen LogP contribution in [0.25, 0.3) is 0 Å². The summed E-state index contributed by atoms with van der Waals surface area (Å²) in [6, 6.07) is 20.4. The third kappa shape index (κ3) is 5.57. The van der Waals surface area contributed by atoms with Crippen molar-refractivity contribution < 1.29 is 14.7 Å². The summed E-state index contributed by atoms with van der Waals surface area (Å²) >= 11 is 0. The predicted octanol–water partition coefficient (Wildman–Crippen LogP) is 4.62. The van der Waals surface area contributed by atoms with E-state index in [9.17, 15) is 9.59 Å². The average Bonchev–Trinajstić information content (AvgIpc) is 2.96. The summed E-state index contributed by atoms with van der Waals surface area (Å²) in [6.07, 6.45) is 5.47. The lowest BCUT2D eigenvalue weighted by atomic mass is 9.89. The number of thiol groups is 1. The van der Waals surface area contributed by atoms with Gasteiger partial charge in [-0.25, -0.2) is 0 Å². The Hall–Kier alpha value is -2.33. The highest BCUT2D eigenvalue weighted by molar-refractivity contribution is 8.29. The monoisotopic (exact) mass is 382 g/mol. The summed E-state index contributed by atoms with van der Waals surface area (Å²) in [5.41, 5.74) is 2.42. The number of allylic oxidation sites excluding steroid dienone is 2. The fraction of sp³-hybridized carbons (Fsp3) is 0.304. The van der Waals surface area contributed by atoms with Crippen LogP contribution in [0.2, 0.25) is 0 Å². The maximum absolute atomic E-state index is 13.2. The first-order chi connectivity index (χ1) is 13.1. The van der Waals surface area contributed by atoms with Gasteiger partial charge >= 0.3 is 5.97 Å². The van der Waals surface area contributed by atoms with Gasteiger partial charge in [0.15, 0.2) is 5.12 Å². The average molecular weight is 383 g/mol. The summed E-state index contributed by atoms with van der Waals surface area (Å²) in [6.45, 7) is 0. The molecule has 0 saturated carbocycles. The van der Waals surface area contributed by atoms with Gasteiger partial charge in [0.1, 0.15) is 0 Å². The third-order valence-corrected chi connectivity index (χ3v) is 7.56. The Kier molecular flexibility index (Phi) is 6.88. The number of hydrogen-bond donors (Lipinski definition) is 2. The molecule has 3 unspecified atom stereocenters. The zero-order chi connectivity index (χ0) is 19.1. The lowest BCUT2D eigenvalue weighted by Crippen LogP contribution is -2.17. The van der Waals surface area contributed by atoms with Crippen LogP contribution in [0.15, 0.2) is 72.8 Å². The minimum absolute atomic E-state index is 0.00306. The second kappa shape index (κ2) is 9.56. The number of carbonyl (C=O) groups is 2. The van der Waals surface area contributed by atoms with Crippen LogP contribution in [0, 0.1) is 11.8 Å². The fourth-order valence-corrected chi connectivity index (χ4v) is 6.37. The molecule has 1 heterocycles. The van der Waals surface area contributed by atoms with Crippen LogP contribution in [-0.2, 0) is 21.8 Å². The molecule has 0 aliphatic carbocycles. The topological polar surface area (TPSA) is 54.4 Å². The molecule has 1 N–H and O–H groups in total. The molecular formula is C23H26O3S. The first kappa shape index (κ1) is 19.4. The van der Waals surface area contributed by atoms with Gasteiger partial charge in [0.2, 0.25) is 0 Å². The Morgan fingerprint density at radius 3 is 2.30 bits per heavy atom. The minimum atomic E-state index is -0.783. The lowest BCUT2D eigenvalue weighted by molar-refractivity contribution is -0.136. The van der Waals surface area contributed by atoms with Crippen LogP contribution in [0.3, 0.4) is 0 Å². The van der Waals surface area contributed by atoms with E-state index in [-0.39, 0.29) is 18.3 Å². The number of aliphatic carboxylic acids is 1. The van der Waals surface area contributed by atoms with E-state index in [1.807, 2.05) is 42.5 Å². The van der Waals surface area contributed by atoms with Gasteiger partial charge in [-0.05, 0) is 35.6 Å². The Bertz CT molecular complexity index is 786. The highest BCUT2D eigenvalue weighted by Crippen LogP contribution is 2.47. The quantitative estimate of drug-likeness (QED) is 0.517. The summed E-state index contributed by atoms with van der Waals surface area (Å²) in [5, 5.41) is 9.22. The largest absolute Gasteiger partial charge is 0.481 e. The van der Waals surface area contributed by atoms with E-state index in [2.05, 4.69) is 30.3 Å². The van der Waals surface area contributed by atoms with E-state index in [0.717, 1.165) is 17.9 Å². The molecule has 0 radical (unpaired) electrons. The SMILES string of the molecule is O=C(O)CCC=CC1C[SH](Cc2ccccc2)C(=O)C1Cc1ccccc1. The highest BCUT2D eigenvalue weighted by Gasteiger charge is 2.38. The lowest BCUT2D eigenvalue weighted by Gasteiger charge is -2.15. The number of carboxylic acids is 1. The zero-order valence-electron chi connectivity index (χ0n) is 15.3. The molecule has 142 valence electrons. The molecule has 2 aromatic carbocycles. The Labute approximate surface area is 163 Å². The van der Waals surface area contributed by atoms with Crippen molar-refractivity contribution in [2.45, 2.75) is 25.0 Å². The van der Waals surface area contributed by atoms with Crippen LogP contribution in [0.4, 0.5) is 0 Å². The van der Waals surface area contributed by atoms with Gasteiger partial charge in [-0.3, -0.25) is 9.59 Å². The highest BCUT2D eigenvalue weighted by atomic mass is 32.2. The molecule has 1 fully saturated rings. The fourth-order valence-electron chi connectivity index (χ4n) is 3.62. The van der Waals surface area contributed by atoms with Gasteiger partial charge in [0.25, 0.3) is 0 Å². The molecule has 0 amide bonds. The normalized spacial score (nSPS) is 23.7. The number of rotatable bonds is 8. The Morgan fingerprint density at radius 1 is 1.04 bits per heavy atom. The van der Waals surface area contributed by atoms with Crippen LogP contribution in [0.5, 0.6) is 0 Å². The van der Waals surface area contributed by atoms with Crippen molar-refractivity contribution in [2.75, 3.05) is 5.75 Å². The predicted molar refractivity (Wildman–Crippen MR) is 112 cm³/mol. The first-order valence-electron chi connectivity index (χ1n) is 9.38. The van der Waals surface area contributed by atoms with Gasteiger partial charge in [-0.2, -0.15) is 10.9 Å². The molecule has 0 spiro atoms. The van der Waals surface area contributed by atoms with Crippen molar-refractivity contribution in [3.05, 3.63) is 83.9 Å². The van der Waals surface area contributed by atoms with E-state index in [1.54, 1.807) is 0 Å². The summed E-state index contributed by atoms with van der Waals surface area (Å²) < 4.78 is 0. The van der Waals surface area contributed by atoms with Crippen molar-refractivity contribution in [3.8, 4) is 0 Å². The van der Waals surface area contributed by atoms with Crippen LogP contribution < -0.4 is 0 Å². The van der Waals surface area contributed by atoms with Crippen molar-refractivity contribution in [1.82, 2.24) is 0 Å². The van der Waals surface area contributed by atoms with E-state index in [4.69, 9.17) is 5.11 Å². The molecule has 0 aromatic heterocycles. The van der Waals surface area contributed by atoms with Gasteiger partial charge in [0.05, 0.1) is 0 Å². The number of hydrogen-bond acceptors (Lipinski definition) is 2. The van der Waals surface area contributed by atoms with Gasteiger partial charge in [-0.1, -0.05) is 72.8 Å². The first-order valence-corrected chi connectivity index (χ1v) is 11.1. The maximum atomic E-state index is 13.2. The van der Waals surface area contributed by atoms with Crippen LogP contribution >= 0.6 is 10.9 Å². The van der Waals surface area contributed by atoms with E-state index in [1.165, 1.54) is 11.1 Å². The smallest absolute Gasteiger partial charge is 0.303 e. The summed E-state index contributed by atoms with van der Waals surface area (Å²) in [7, 11) is -0.697. The Morgan fingerprint density at radius 2 is 1.67 bits per heavy atom. The summed E-state index contributed by atoms with van der Waals surface area (Å²) in [5.74, 6) is 1.18. The second-order valence-corrected chi connectivity index (χ2v) is 9.23. The van der Waals surface area contributed by atoms with E-state index < -0.39 is 16.9 Å². The van der Waals surface area contributed by atoms with E-state index in [0.29, 0.717) is 11.5 Å². The van der Waals surface area contributed by atoms with Gasteiger partial charge < -0.3 is 5.11 Å². The molecule has 3 atom stereocenters.